The van der Waals surface area contributed by atoms with Gasteiger partial charge < -0.3 is 25.2 Å². The Hall–Kier alpha value is -4.17. The van der Waals surface area contributed by atoms with Gasteiger partial charge in [-0.2, -0.15) is 0 Å². The van der Waals surface area contributed by atoms with Crippen LogP contribution in [0.3, 0.4) is 0 Å². The van der Waals surface area contributed by atoms with Crippen molar-refractivity contribution in [3.63, 3.8) is 0 Å². The van der Waals surface area contributed by atoms with E-state index in [1.54, 1.807) is 6.92 Å². The molecule has 2 aliphatic carbocycles. The number of hydrogen-bond donors (Lipinski definition) is 3. The molecular formula is C32H34N2O6. The minimum Gasteiger partial charge on any atom is -0.480 e. The van der Waals surface area contributed by atoms with Gasteiger partial charge in [0.25, 0.3) is 0 Å². The first kappa shape index (κ1) is 27.4. The molecule has 0 bridgehead atoms. The molecule has 0 aliphatic heterocycles. The number of carboxylic acids is 1. The molecule has 1 saturated carbocycles. The van der Waals surface area contributed by atoms with E-state index in [-0.39, 0.29) is 19.1 Å². The van der Waals surface area contributed by atoms with E-state index in [1.807, 2.05) is 54.6 Å². The lowest BCUT2D eigenvalue weighted by Crippen LogP contribution is -2.53. The van der Waals surface area contributed by atoms with Crippen molar-refractivity contribution < 1.29 is 29.0 Å². The highest BCUT2D eigenvalue weighted by molar-refractivity contribution is 5.86. The molecule has 8 heteroatoms. The van der Waals surface area contributed by atoms with Gasteiger partial charge in [-0.3, -0.25) is 4.79 Å². The molecule has 40 heavy (non-hydrogen) atoms. The van der Waals surface area contributed by atoms with Gasteiger partial charge in [0.05, 0.1) is 18.6 Å². The Labute approximate surface area is 233 Å². The molecule has 3 N–H and O–H groups in total. The maximum Gasteiger partial charge on any atom is 0.407 e. The van der Waals surface area contributed by atoms with Gasteiger partial charge in [-0.1, -0.05) is 85.3 Å². The quantitative estimate of drug-likeness (QED) is 0.337. The van der Waals surface area contributed by atoms with Crippen molar-refractivity contribution in [2.75, 3.05) is 6.61 Å². The van der Waals surface area contributed by atoms with Gasteiger partial charge in [-0.15, -0.1) is 0 Å². The van der Waals surface area contributed by atoms with Gasteiger partial charge in [0.2, 0.25) is 5.91 Å². The standard InChI is InChI=1S/C32H34N2O6/c1-20(39-18-21-10-3-2-4-11-21)29(31(36)37)34-30(35)26-16-9-17-28(26)33-32(38)40-19-27-24-14-7-5-12-22(24)23-13-6-8-15-25(23)27/h2-8,10-15,20,26-29H,9,16-19H2,1H3,(H,33,38)(H,34,35)(H,36,37)/t20-,26+,28-,29+/m1/s1. The normalized spacial score (nSPS) is 19.2. The lowest BCUT2D eigenvalue weighted by molar-refractivity contribution is -0.147. The van der Waals surface area contributed by atoms with Gasteiger partial charge in [0, 0.05) is 12.0 Å². The summed E-state index contributed by atoms with van der Waals surface area (Å²) in [6.45, 7) is 2.04. The van der Waals surface area contributed by atoms with Crippen LogP contribution in [0.15, 0.2) is 78.9 Å². The highest BCUT2D eigenvalue weighted by atomic mass is 16.5. The maximum absolute atomic E-state index is 13.2. The largest absolute Gasteiger partial charge is 0.480 e. The summed E-state index contributed by atoms with van der Waals surface area (Å²) in [5, 5.41) is 15.3. The molecular weight excluding hydrogens is 508 g/mol. The number of rotatable bonds is 10. The molecule has 3 aromatic rings. The Kier molecular flexibility index (Phi) is 8.45. The number of carbonyl (C=O) groups is 3. The fourth-order valence-electron chi connectivity index (χ4n) is 5.78. The van der Waals surface area contributed by atoms with Crippen LogP contribution >= 0.6 is 0 Å². The SMILES string of the molecule is C[C@@H](OCc1ccccc1)[C@H](NC(=O)[C@H]1CCC[C@H]1NC(=O)OCC1c2ccccc2-c2ccccc21)C(=O)O. The van der Waals surface area contributed by atoms with Crippen molar-refractivity contribution in [1.82, 2.24) is 10.6 Å². The topological polar surface area (TPSA) is 114 Å². The van der Waals surface area contributed by atoms with Crippen LogP contribution in [0.1, 0.15) is 48.8 Å². The second-order valence-electron chi connectivity index (χ2n) is 10.4. The number of carbonyl (C=O) groups excluding carboxylic acids is 2. The minimum atomic E-state index is -1.22. The number of benzene rings is 3. The predicted molar refractivity (Wildman–Crippen MR) is 150 cm³/mol. The highest BCUT2D eigenvalue weighted by Crippen LogP contribution is 2.44. The van der Waals surface area contributed by atoms with E-state index in [4.69, 9.17) is 9.47 Å². The monoisotopic (exact) mass is 542 g/mol. The number of hydrogen-bond acceptors (Lipinski definition) is 5. The number of amides is 2. The van der Waals surface area contributed by atoms with E-state index in [1.165, 1.54) is 0 Å². The first-order valence-corrected chi connectivity index (χ1v) is 13.7. The molecule has 4 atom stereocenters. The van der Waals surface area contributed by atoms with Gasteiger partial charge in [0.1, 0.15) is 6.61 Å². The second kappa shape index (κ2) is 12.3. The molecule has 2 amide bonds. The zero-order valence-electron chi connectivity index (χ0n) is 22.4. The third-order valence-electron chi connectivity index (χ3n) is 7.89. The average Bonchev–Trinajstić information content (AvgIpc) is 3.56. The summed E-state index contributed by atoms with van der Waals surface area (Å²) in [5.74, 6) is -2.20. The number of alkyl carbamates (subject to hydrolysis) is 1. The van der Waals surface area contributed by atoms with Gasteiger partial charge >= 0.3 is 12.1 Å². The van der Waals surface area contributed by atoms with Crippen LogP contribution in [0.5, 0.6) is 0 Å². The zero-order valence-corrected chi connectivity index (χ0v) is 22.4. The maximum atomic E-state index is 13.2. The van der Waals surface area contributed by atoms with Crippen molar-refractivity contribution >= 4 is 18.0 Å². The molecule has 0 heterocycles. The minimum absolute atomic E-state index is 0.0606. The Morgan fingerprint density at radius 2 is 1.52 bits per heavy atom. The number of aliphatic carboxylic acids is 1. The molecule has 0 unspecified atom stereocenters. The number of fused-ring (bicyclic) bond motifs is 3. The summed E-state index contributed by atoms with van der Waals surface area (Å²) in [6.07, 6.45) is 0.563. The van der Waals surface area contributed by atoms with E-state index in [0.717, 1.165) is 34.2 Å². The Morgan fingerprint density at radius 1 is 0.900 bits per heavy atom. The summed E-state index contributed by atoms with van der Waals surface area (Å²) < 4.78 is 11.4. The number of ether oxygens (including phenoxy) is 2. The van der Waals surface area contributed by atoms with Crippen molar-refractivity contribution in [2.24, 2.45) is 5.92 Å². The van der Waals surface area contributed by atoms with E-state index >= 15 is 0 Å². The van der Waals surface area contributed by atoms with Crippen LogP contribution in [-0.4, -0.2) is 47.9 Å². The van der Waals surface area contributed by atoms with E-state index in [0.29, 0.717) is 12.8 Å². The second-order valence-corrected chi connectivity index (χ2v) is 10.4. The fourth-order valence-corrected chi connectivity index (χ4v) is 5.78. The van der Waals surface area contributed by atoms with Crippen molar-refractivity contribution in [3.05, 3.63) is 95.6 Å². The van der Waals surface area contributed by atoms with E-state index < -0.39 is 42.1 Å². The summed E-state index contributed by atoms with van der Waals surface area (Å²) in [7, 11) is 0. The number of nitrogens with one attached hydrogen (secondary N) is 2. The van der Waals surface area contributed by atoms with E-state index in [2.05, 4.69) is 34.9 Å². The molecule has 0 radical (unpaired) electrons. The molecule has 3 aromatic carbocycles. The summed E-state index contributed by atoms with van der Waals surface area (Å²) >= 11 is 0. The molecule has 0 spiro atoms. The first-order chi connectivity index (χ1) is 19.4. The molecule has 0 saturated heterocycles. The third kappa shape index (κ3) is 6.02. The van der Waals surface area contributed by atoms with Crippen LogP contribution in [0.2, 0.25) is 0 Å². The third-order valence-corrected chi connectivity index (χ3v) is 7.89. The number of carboxylic acid groups (broad SMARTS) is 1. The molecule has 5 rings (SSSR count). The van der Waals surface area contributed by atoms with Crippen LogP contribution in [0.25, 0.3) is 11.1 Å². The summed E-state index contributed by atoms with van der Waals surface area (Å²) in [6, 6.07) is 24.0. The lowest BCUT2D eigenvalue weighted by atomic mass is 9.98. The zero-order chi connectivity index (χ0) is 28.1. The van der Waals surface area contributed by atoms with Crippen LogP contribution < -0.4 is 10.6 Å². The molecule has 8 nitrogen and oxygen atoms in total. The lowest BCUT2D eigenvalue weighted by Gasteiger charge is -2.26. The average molecular weight is 543 g/mol. The highest BCUT2D eigenvalue weighted by Gasteiger charge is 2.38. The van der Waals surface area contributed by atoms with Gasteiger partial charge in [-0.25, -0.2) is 9.59 Å². The Morgan fingerprint density at radius 3 is 2.17 bits per heavy atom. The van der Waals surface area contributed by atoms with Gasteiger partial charge in [0.15, 0.2) is 6.04 Å². The van der Waals surface area contributed by atoms with Crippen LogP contribution in [0.4, 0.5) is 4.79 Å². The molecule has 2 aliphatic rings. The Bertz CT molecular complexity index is 1310. The predicted octanol–water partition coefficient (Wildman–Crippen LogP) is 4.87. The first-order valence-electron chi connectivity index (χ1n) is 13.7. The van der Waals surface area contributed by atoms with Crippen LogP contribution in [-0.2, 0) is 25.7 Å². The molecule has 208 valence electrons. The summed E-state index contributed by atoms with van der Waals surface area (Å²) in [5.41, 5.74) is 5.45. The fraction of sp³-hybridized carbons (Fsp3) is 0.344. The Balaban J connectivity index is 1.16. The molecule has 0 aromatic heterocycles. The van der Waals surface area contributed by atoms with Crippen molar-refractivity contribution in [3.8, 4) is 11.1 Å². The van der Waals surface area contributed by atoms with Gasteiger partial charge in [-0.05, 0) is 47.6 Å². The summed E-state index contributed by atoms with van der Waals surface area (Å²) in [4.78, 5) is 37.9. The van der Waals surface area contributed by atoms with Crippen LogP contribution in [0, 0.1) is 5.92 Å². The van der Waals surface area contributed by atoms with E-state index in [9.17, 15) is 19.5 Å². The van der Waals surface area contributed by atoms with Crippen molar-refractivity contribution in [2.45, 2.75) is 56.9 Å². The smallest absolute Gasteiger partial charge is 0.407 e. The molecule has 1 fully saturated rings. The van der Waals surface area contributed by atoms with Crippen molar-refractivity contribution in [1.29, 1.82) is 0 Å².